The highest BCUT2D eigenvalue weighted by Crippen LogP contribution is 2.36. The topological polar surface area (TPSA) is 52.6 Å². The molecular weight excluding hydrogens is 280 g/mol. The molecule has 0 aromatic rings. The van der Waals surface area contributed by atoms with Crippen LogP contribution in [0.2, 0.25) is 0 Å². The lowest BCUT2D eigenvalue weighted by Gasteiger charge is -2.30. The summed E-state index contributed by atoms with van der Waals surface area (Å²) in [6.07, 6.45) is 3.63. The first-order valence-electron chi connectivity index (χ1n) is 8.64. The average molecular weight is 314 g/mol. The predicted octanol–water partition coefficient (Wildman–Crippen LogP) is 4.36. The second-order valence-electron chi connectivity index (χ2n) is 6.74. The zero-order valence-electron chi connectivity index (χ0n) is 15.2. The molecule has 4 nitrogen and oxygen atoms in total. The Hall–Kier alpha value is -1.06. The molecular formula is C18H34O4. The van der Waals surface area contributed by atoms with Gasteiger partial charge in [-0.1, -0.05) is 40.5 Å². The molecule has 0 saturated carbocycles. The lowest BCUT2D eigenvalue weighted by atomic mass is 9.76. The second kappa shape index (κ2) is 10.6. The molecule has 0 aliphatic heterocycles. The molecule has 0 aromatic heterocycles. The molecule has 0 N–H and O–H groups in total. The van der Waals surface area contributed by atoms with E-state index in [0.29, 0.717) is 24.7 Å². The Kier molecular flexibility index (Phi) is 10.1. The summed E-state index contributed by atoms with van der Waals surface area (Å²) in [5.41, 5.74) is -1.13. The van der Waals surface area contributed by atoms with Crippen LogP contribution in [0.1, 0.15) is 73.6 Å². The lowest BCUT2D eigenvalue weighted by molar-refractivity contribution is -0.173. The summed E-state index contributed by atoms with van der Waals surface area (Å²) in [4.78, 5) is 25.1. The molecule has 4 heteroatoms. The normalized spacial score (nSPS) is 11.8. The number of hydrogen-bond donors (Lipinski definition) is 0. The molecule has 0 bridgehead atoms. The van der Waals surface area contributed by atoms with Crippen molar-refractivity contribution in [2.24, 2.45) is 17.3 Å². The van der Waals surface area contributed by atoms with E-state index in [2.05, 4.69) is 27.7 Å². The van der Waals surface area contributed by atoms with Gasteiger partial charge in [0, 0.05) is 0 Å². The molecule has 0 saturated heterocycles. The minimum atomic E-state index is -1.13. The van der Waals surface area contributed by atoms with Crippen LogP contribution in [0.25, 0.3) is 0 Å². The van der Waals surface area contributed by atoms with Crippen molar-refractivity contribution in [1.82, 2.24) is 0 Å². The quantitative estimate of drug-likeness (QED) is 0.420. The van der Waals surface area contributed by atoms with Gasteiger partial charge in [-0.3, -0.25) is 9.59 Å². The molecule has 0 spiro atoms. The molecule has 0 aliphatic rings. The third-order valence-electron chi connectivity index (χ3n) is 3.87. The van der Waals surface area contributed by atoms with E-state index < -0.39 is 17.4 Å². The smallest absolute Gasteiger partial charge is 0.323 e. The van der Waals surface area contributed by atoms with Crippen LogP contribution < -0.4 is 0 Å². The molecule has 0 amide bonds. The van der Waals surface area contributed by atoms with E-state index in [-0.39, 0.29) is 13.2 Å². The Morgan fingerprint density at radius 2 is 1.27 bits per heavy atom. The third-order valence-corrected chi connectivity index (χ3v) is 3.87. The lowest BCUT2D eigenvalue weighted by Crippen LogP contribution is -2.42. The average Bonchev–Trinajstić information content (AvgIpc) is 2.42. The molecule has 0 atom stereocenters. The van der Waals surface area contributed by atoms with Crippen molar-refractivity contribution >= 4 is 11.9 Å². The summed E-state index contributed by atoms with van der Waals surface area (Å²) in [6.45, 7) is 12.6. The Morgan fingerprint density at radius 1 is 0.818 bits per heavy atom. The Morgan fingerprint density at radius 3 is 1.64 bits per heavy atom. The minimum absolute atomic E-state index is 0.284. The van der Waals surface area contributed by atoms with Crippen molar-refractivity contribution in [3.8, 4) is 0 Å². The Bertz CT molecular complexity index is 316. The van der Waals surface area contributed by atoms with Gasteiger partial charge < -0.3 is 9.47 Å². The van der Waals surface area contributed by atoms with Crippen molar-refractivity contribution < 1.29 is 19.1 Å². The highest BCUT2D eigenvalue weighted by Gasteiger charge is 2.47. The van der Waals surface area contributed by atoms with Gasteiger partial charge >= 0.3 is 11.9 Å². The Balaban J connectivity index is 5.28. The van der Waals surface area contributed by atoms with E-state index >= 15 is 0 Å². The van der Waals surface area contributed by atoms with Crippen LogP contribution in [0.4, 0.5) is 0 Å². The maximum Gasteiger partial charge on any atom is 0.323 e. The van der Waals surface area contributed by atoms with Crippen LogP contribution in [0.3, 0.4) is 0 Å². The monoisotopic (exact) mass is 314 g/mol. The number of carbonyl (C=O) groups is 2. The Labute approximate surface area is 135 Å². The zero-order valence-corrected chi connectivity index (χ0v) is 15.2. The van der Waals surface area contributed by atoms with Crippen LogP contribution in [-0.4, -0.2) is 25.2 Å². The number of rotatable bonds is 11. The fraction of sp³-hybridized carbons (Fsp3) is 0.889. The maximum absolute atomic E-state index is 12.5. The van der Waals surface area contributed by atoms with Crippen LogP contribution in [0, 0.1) is 17.3 Å². The summed E-state index contributed by atoms with van der Waals surface area (Å²) < 4.78 is 10.4. The van der Waals surface area contributed by atoms with Crippen molar-refractivity contribution in [2.45, 2.75) is 73.6 Å². The largest absolute Gasteiger partial charge is 0.465 e. The fourth-order valence-electron chi connectivity index (χ4n) is 2.50. The first-order chi connectivity index (χ1) is 10.3. The van der Waals surface area contributed by atoms with Gasteiger partial charge in [-0.15, -0.1) is 0 Å². The molecule has 0 radical (unpaired) electrons. The van der Waals surface area contributed by atoms with E-state index in [1.54, 1.807) is 13.8 Å². The van der Waals surface area contributed by atoms with Gasteiger partial charge in [0.25, 0.3) is 0 Å². The molecule has 22 heavy (non-hydrogen) atoms. The van der Waals surface area contributed by atoms with Crippen LogP contribution in [-0.2, 0) is 19.1 Å². The van der Waals surface area contributed by atoms with Crippen molar-refractivity contribution in [1.29, 1.82) is 0 Å². The summed E-state index contributed by atoms with van der Waals surface area (Å²) in [5, 5.41) is 0. The molecule has 0 aromatic carbocycles. The van der Waals surface area contributed by atoms with Crippen molar-refractivity contribution in [3.63, 3.8) is 0 Å². The van der Waals surface area contributed by atoms with E-state index in [4.69, 9.17) is 9.47 Å². The van der Waals surface area contributed by atoms with Crippen molar-refractivity contribution in [3.05, 3.63) is 0 Å². The first-order valence-corrected chi connectivity index (χ1v) is 8.64. The predicted molar refractivity (Wildman–Crippen MR) is 88.5 cm³/mol. The summed E-state index contributed by atoms with van der Waals surface area (Å²) >= 11 is 0. The third kappa shape index (κ3) is 6.80. The van der Waals surface area contributed by atoms with E-state index in [0.717, 1.165) is 19.3 Å². The summed E-state index contributed by atoms with van der Waals surface area (Å²) in [7, 11) is 0. The summed E-state index contributed by atoms with van der Waals surface area (Å²) in [5.74, 6) is 0.135. The van der Waals surface area contributed by atoms with E-state index in [1.165, 1.54) is 0 Å². The van der Waals surface area contributed by atoms with E-state index in [9.17, 15) is 9.59 Å². The van der Waals surface area contributed by atoms with Gasteiger partial charge in [0.05, 0.1) is 13.2 Å². The molecule has 0 fully saturated rings. The van der Waals surface area contributed by atoms with Crippen LogP contribution >= 0.6 is 0 Å². The van der Waals surface area contributed by atoms with Gasteiger partial charge in [-0.2, -0.15) is 0 Å². The highest BCUT2D eigenvalue weighted by atomic mass is 16.6. The summed E-state index contributed by atoms with van der Waals surface area (Å²) in [6, 6.07) is 0. The zero-order chi connectivity index (χ0) is 17.2. The molecule has 130 valence electrons. The van der Waals surface area contributed by atoms with E-state index in [1.807, 2.05) is 0 Å². The number of esters is 2. The highest BCUT2D eigenvalue weighted by molar-refractivity contribution is 6.00. The molecule has 0 rings (SSSR count). The molecule has 0 unspecified atom stereocenters. The maximum atomic E-state index is 12.5. The van der Waals surface area contributed by atoms with Crippen LogP contribution in [0.15, 0.2) is 0 Å². The van der Waals surface area contributed by atoms with Gasteiger partial charge in [-0.25, -0.2) is 0 Å². The fourth-order valence-corrected chi connectivity index (χ4v) is 2.50. The molecule has 0 heterocycles. The van der Waals surface area contributed by atoms with Crippen LogP contribution in [0.5, 0.6) is 0 Å². The van der Waals surface area contributed by atoms with Gasteiger partial charge in [0.15, 0.2) is 5.41 Å². The number of ether oxygens (including phenoxy) is 2. The van der Waals surface area contributed by atoms with Gasteiger partial charge in [0.2, 0.25) is 0 Å². The number of hydrogen-bond acceptors (Lipinski definition) is 4. The number of carbonyl (C=O) groups excluding carboxylic acids is 2. The SMILES string of the molecule is CCOC(=O)C(CCCC(C)C)(CCC(C)C)C(=O)OCC. The molecule has 0 aliphatic carbocycles. The van der Waals surface area contributed by atoms with Gasteiger partial charge in [0.1, 0.15) is 0 Å². The second-order valence-corrected chi connectivity index (χ2v) is 6.74. The van der Waals surface area contributed by atoms with Crippen molar-refractivity contribution in [2.75, 3.05) is 13.2 Å². The minimum Gasteiger partial charge on any atom is -0.465 e. The standard InChI is InChI=1S/C18H34O4/c1-7-21-16(19)18(13-11-15(5)6,17(20)22-8-2)12-9-10-14(3)4/h14-15H,7-13H2,1-6H3. The van der Waals surface area contributed by atoms with Gasteiger partial charge in [-0.05, 0) is 44.9 Å². The first kappa shape index (κ1) is 20.9.